The molecule has 1 aromatic carbocycles. The number of benzene rings is 1. The van der Waals surface area contributed by atoms with Crippen molar-refractivity contribution in [2.24, 2.45) is 0 Å². The van der Waals surface area contributed by atoms with Crippen molar-refractivity contribution in [1.82, 2.24) is 4.90 Å². The van der Waals surface area contributed by atoms with Crippen LogP contribution < -0.4 is 4.74 Å². The van der Waals surface area contributed by atoms with Crippen molar-refractivity contribution in [2.75, 3.05) is 13.7 Å². The molecule has 0 bridgehead atoms. The van der Waals surface area contributed by atoms with E-state index in [1.165, 1.54) is 12.8 Å². The first-order valence-electron chi connectivity index (χ1n) is 7.22. The lowest BCUT2D eigenvalue weighted by molar-refractivity contribution is 0.190. The Kier molecular flexibility index (Phi) is 6.71. The van der Waals surface area contributed by atoms with Crippen LogP contribution in [-0.4, -0.2) is 29.7 Å². The van der Waals surface area contributed by atoms with Gasteiger partial charge < -0.3 is 9.84 Å². The van der Waals surface area contributed by atoms with Gasteiger partial charge in [-0.05, 0) is 44.5 Å². The molecule has 0 fully saturated rings. The predicted molar refractivity (Wildman–Crippen MR) is 79.7 cm³/mol. The molecule has 108 valence electrons. The molecule has 0 aliphatic rings. The highest BCUT2D eigenvalue weighted by Crippen LogP contribution is 2.25. The Labute approximate surface area is 117 Å². The number of hydrogen-bond acceptors (Lipinski definition) is 3. The van der Waals surface area contributed by atoms with E-state index >= 15 is 0 Å². The Morgan fingerprint density at radius 1 is 1.32 bits per heavy atom. The van der Waals surface area contributed by atoms with Gasteiger partial charge in [0.05, 0.1) is 7.11 Å². The monoisotopic (exact) mass is 265 g/mol. The molecule has 1 unspecified atom stereocenters. The molecule has 1 N–H and O–H groups in total. The van der Waals surface area contributed by atoms with Crippen molar-refractivity contribution in [3.05, 3.63) is 23.8 Å². The van der Waals surface area contributed by atoms with Crippen molar-refractivity contribution in [3.63, 3.8) is 0 Å². The summed E-state index contributed by atoms with van der Waals surface area (Å²) in [6.45, 7) is 8.50. The molecule has 3 nitrogen and oxygen atoms in total. The smallest absolute Gasteiger partial charge is 0.120 e. The lowest BCUT2D eigenvalue weighted by Gasteiger charge is -2.28. The SMILES string of the molecule is CCCCN(Cc1cc(OC)ccc1O)C(C)CC. The van der Waals surface area contributed by atoms with Crippen LogP contribution in [0.2, 0.25) is 0 Å². The van der Waals surface area contributed by atoms with E-state index in [-0.39, 0.29) is 0 Å². The lowest BCUT2D eigenvalue weighted by atomic mass is 10.1. The number of aromatic hydroxyl groups is 1. The minimum absolute atomic E-state index is 0.352. The minimum Gasteiger partial charge on any atom is -0.508 e. The summed E-state index contributed by atoms with van der Waals surface area (Å²) in [5, 5.41) is 9.98. The first-order chi connectivity index (χ1) is 9.12. The molecule has 0 aliphatic heterocycles. The standard InChI is InChI=1S/C16H27NO2/c1-5-7-10-17(13(3)6-2)12-14-11-15(19-4)8-9-16(14)18/h8-9,11,13,18H,5-7,10,12H2,1-4H3. The molecular weight excluding hydrogens is 238 g/mol. The van der Waals surface area contributed by atoms with E-state index in [1.807, 2.05) is 6.07 Å². The van der Waals surface area contributed by atoms with Crippen molar-refractivity contribution in [1.29, 1.82) is 0 Å². The highest BCUT2D eigenvalue weighted by molar-refractivity contribution is 5.39. The third kappa shape index (κ3) is 4.75. The zero-order chi connectivity index (χ0) is 14.3. The largest absolute Gasteiger partial charge is 0.508 e. The van der Waals surface area contributed by atoms with E-state index in [1.54, 1.807) is 19.2 Å². The minimum atomic E-state index is 0.352. The van der Waals surface area contributed by atoms with E-state index < -0.39 is 0 Å². The lowest BCUT2D eigenvalue weighted by Crippen LogP contribution is -2.33. The third-order valence-electron chi connectivity index (χ3n) is 3.67. The number of nitrogens with zero attached hydrogens (tertiary/aromatic N) is 1. The van der Waals surface area contributed by atoms with Gasteiger partial charge in [0.2, 0.25) is 0 Å². The highest BCUT2D eigenvalue weighted by atomic mass is 16.5. The van der Waals surface area contributed by atoms with Gasteiger partial charge in [0.25, 0.3) is 0 Å². The molecule has 0 aliphatic carbocycles. The Morgan fingerprint density at radius 2 is 2.05 bits per heavy atom. The van der Waals surface area contributed by atoms with Gasteiger partial charge in [-0.25, -0.2) is 0 Å². The molecule has 0 aromatic heterocycles. The van der Waals surface area contributed by atoms with Gasteiger partial charge in [-0.1, -0.05) is 20.3 Å². The number of methoxy groups -OCH3 is 1. The predicted octanol–water partition coefficient (Wildman–Crippen LogP) is 3.80. The number of rotatable bonds is 8. The summed E-state index contributed by atoms with van der Waals surface area (Å²) in [4.78, 5) is 2.43. The average molecular weight is 265 g/mol. The van der Waals surface area contributed by atoms with Crippen LogP contribution in [0.4, 0.5) is 0 Å². The molecule has 0 radical (unpaired) electrons. The number of phenols is 1. The first-order valence-corrected chi connectivity index (χ1v) is 7.22. The van der Waals surface area contributed by atoms with Crippen LogP contribution in [-0.2, 0) is 6.54 Å². The maximum Gasteiger partial charge on any atom is 0.120 e. The molecule has 0 spiro atoms. The van der Waals surface area contributed by atoms with Crippen molar-refractivity contribution in [3.8, 4) is 11.5 Å². The van der Waals surface area contributed by atoms with Gasteiger partial charge in [-0.2, -0.15) is 0 Å². The summed E-state index contributed by atoms with van der Waals surface area (Å²) >= 11 is 0. The normalized spacial score (nSPS) is 12.7. The summed E-state index contributed by atoms with van der Waals surface area (Å²) in [7, 11) is 1.65. The Morgan fingerprint density at radius 3 is 2.63 bits per heavy atom. The average Bonchev–Trinajstić information content (AvgIpc) is 2.44. The van der Waals surface area contributed by atoms with E-state index in [4.69, 9.17) is 4.74 Å². The van der Waals surface area contributed by atoms with Crippen molar-refractivity contribution < 1.29 is 9.84 Å². The molecule has 0 saturated carbocycles. The van der Waals surface area contributed by atoms with Crippen LogP contribution in [0.15, 0.2) is 18.2 Å². The molecule has 0 saturated heterocycles. The van der Waals surface area contributed by atoms with Crippen LogP contribution in [0.1, 0.15) is 45.6 Å². The van der Waals surface area contributed by atoms with E-state index in [2.05, 4.69) is 25.7 Å². The number of unbranched alkanes of at least 4 members (excludes halogenated alkanes) is 1. The Hall–Kier alpha value is -1.22. The topological polar surface area (TPSA) is 32.7 Å². The Bertz CT molecular complexity index is 379. The van der Waals surface area contributed by atoms with Gasteiger partial charge >= 0.3 is 0 Å². The quantitative estimate of drug-likeness (QED) is 0.776. The summed E-state index contributed by atoms with van der Waals surface area (Å²) in [5.41, 5.74) is 0.941. The highest BCUT2D eigenvalue weighted by Gasteiger charge is 2.14. The number of ether oxygens (including phenoxy) is 1. The number of hydrogen-bond donors (Lipinski definition) is 1. The molecule has 1 atom stereocenters. The molecule has 3 heteroatoms. The van der Waals surface area contributed by atoms with Gasteiger partial charge in [0, 0.05) is 18.2 Å². The summed E-state index contributed by atoms with van der Waals surface area (Å²) in [6.07, 6.45) is 3.50. The van der Waals surface area contributed by atoms with Crippen LogP contribution in [0, 0.1) is 0 Å². The van der Waals surface area contributed by atoms with E-state index in [0.717, 1.165) is 30.8 Å². The fraction of sp³-hybridized carbons (Fsp3) is 0.625. The fourth-order valence-corrected chi connectivity index (χ4v) is 2.11. The molecule has 0 heterocycles. The first kappa shape index (κ1) is 15.8. The van der Waals surface area contributed by atoms with Crippen molar-refractivity contribution in [2.45, 2.75) is 52.6 Å². The van der Waals surface area contributed by atoms with Gasteiger partial charge in [0.15, 0.2) is 0 Å². The van der Waals surface area contributed by atoms with E-state index in [0.29, 0.717) is 11.8 Å². The zero-order valence-corrected chi connectivity index (χ0v) is 12.6. The van der Waals surface area contributed by atoms with Gasteiger partial charge in [-0.3, -0.25) is 4.90 Å². The molecule has 0 amide bonds. The number of phenolic OH excluding ortho intramolecular Hbond substituents is 1. The van der Waals surface area contributed by atoms with Gasteiger partial charge in [0.1, 0.15) is 11.5 Å². The summed E-state index contributed by atoms with van der Waals surface area (Å²) in [5.74, 6) is 1.15. The van der Waals surface area contributed by atoms with Crippen LogP contribution >= 0.6 is 0 Å². The molecular formula is C16H27NO2. The van der Waals surface area contributed by atoms with Gasteiger partial charge in [-0.15, -0.1) is 0 Å². The fourth-order valence-electron chi connectivity index (χ4n) is 2.11. The van der Waals surface area contributed by atoms with E-state index in [9.17, 15) is 5.11 Å². The van der Waals surface area contributed by atoms with Crippen LogP contribution in [0.25, 0.3) is 0 Å². The molecule has 1 rings (SSSR count). The second kappa shape index (κ2) is 8.05. The maximum absolute atomic E-state index is 9.98. The zero-order valence-electron chi connectivity index (χ0n) is 12.6. The van der Waals surface area contributed by atoms with Crippen molar-refractivity contribution >= 4 is 0 Å². The second-order valence-corrected chi connectivity index (χ2v) is 5.08. The summed E-state index contributed by atoms with van der Waals surface area (Å²) < 4.78 is 5.23. The van der Waals surface area contributed by atoms with Crippen LogP contribution in [0.5, 0.6) is 11.5 Å². The molecule has 19 heavy (non-hydrogen) atoms. The third-order valence-corrected chi connectivity index (χ3v) is 3.67. The molecule has 1 aromatic rings. The maximum atomic E-state index is 9.98. The summed E-state index contributed by atoms with van der Waals surface area (Å²) in [6, 6.07) is 5.95. The van der Waals surface area contributed by atoms with Crippen LogP contribution in [0.3, 0.4) is 0 Å². The Balaban J connectivity index is 2.82. The second-order valence-electron chi connectivity index (χ2n) is 5.08.